The highest BCUT2D eigenvalue weighted by Crippen LogP contribution is 2.35. The highest BCUT2D eigenvalue weighted by molar-refractivity contribution is 6.03. The maximum atomic E-state index is 12.4. The molecule has 2 amide bonds. The fourth-order valence-corrected chi connectivity index (χ4v) is 5.37. The van der Waals surface area contributed by atoms with E-state index in [0.29, 0.717) is 47.2 Å². The minimum absolute atomic E-state index is 0.152. The van der Waals surface area contributed by atoms with E-state index in [9.17, 15) is 9.59 Å². The molecule has 0 radical (unpaired) electrons. The first kappa shape index (κ1) is 29.2. The van der Waals surface area contributed by atoms with Crippen LogP contribution < -0.4 is 15.2 Å². The molecule has 2 fully saturated rings. The van der Waals surface area contributed by atoms with Crippen molar-refractivity contribution in [3.05, 3.63) is 29.5 Å². The monoisotopic (exact) mass is 546 g/mol. The van der Waals surface area contributed by atoms with Gasteiger partial charge in [-0.1, -0.05) is 11.8 Å². The van der Waals surface area contributed by atoms with Crippen LogP contribution in [0, 0.1) is 29.1 Å². The lowest BCUT2D eigenvalue weighted by Crippen LogP contribution is -2.44. The predicted octanol–water partition coefficient (Wildman–Crippen LogP) is 4.35. The summed E-state index contributed by atoms with van der Waals surface area (Å²) in [6.45, 7) is 7.48. The number of hydrogen-bond donors (Lipinski definition) is 1. The normalized spacial score (nSPS) is 20.9. The number of likely N-dealkylation sites (tertiary alicyclic amines) is 1. The van der Waals surface area contributed by atoms with Crippen LogP contribution in [-0.4, -0.2) is 59.7 Å². The molecule has 0 spiro atoms. The van der Waals surface area contributed by atoms with Gasteiger partial charge in [0.15, 0.2) is 0 Å². The number of nitrogens with two attached hydrogens (primary N) is 1. The van der Waals surface area contributed by atoms with Crippen LogP contribution in [0.3, 0.4) is 0 Å². The van der Waals surface area contributed by atoms with Crippen LogP contribution in [0.2, 0.25) is 0 Å². The largest absolute Gasteiger partial charge is 0.490 e. The number of carbonyl (C=O) groups excluding carboxylic acids is 2. The summed E-state index contributed by atoms with van der Waals surface area (Å²) in [6.07, 6.45) is 6.83. The number of nitrogens with zero attached hydrogens (tertiary/aromatic N) is 3. The van der Waals surface area contributed by atoms with E-state index in [0.717, 1.165) is 45.1 Å². The van der Waals surface area contributed by atoms with Gasteiger partial charge in [0.25, 0.3) is 5.91 Å². The van der Waals surface area contributed by atoms with Crippen molar-refractivity contribution in [1.29, 1.82) is 5.26 Å². The number of amides is 2. The van der Waals surface area contributed by atoms with Crippen molar-refractivity contribution in [2.24, 2.45) is 11.7 Å². The maximum Gasteiger partial charge on any atom is 0.252 e. The second-order valence-electron chi connectivity index (χ2n) is 10.7. The first-order valence-electron chi connectivity index (χ1n) is 14.2. The lowest BCUT2D eigenvalue weighted by Gasteiger charge is -2.32. The molecule has 212 valence electrons. The summed E-state index contributed by atoms with van der Waals surface area (Å²) in [7, 11) is 0. The molecule has 1 atom stereocenters. The second-order valence-corrected chi connectivity index (χ2v) is 10.7. The number of ether oxygens (including phenoxy) is 3. The van der Waals surface area contributed by atoms with Crippen LogP contribution in [0.5, 0.6) is 11.6 Å². The zero-order chi connectivity index (χ0) is 28.6. The highest BCUT2D eigenvalue weighted by Gasteiger charge is 2.26. The summed E-state index contributed by atoms with van der Waals surface area (Å²) in [5.41, 5.74) is 6.69. The third-order valence-corrected chi connectivity index (χ3v) is 7.31. The van der Waals surface area contributed by atoms with Crippen LogP contribution in [0.1, 0.15) is 81.6 Å². The zero-order valence-electron chi connectivity index (χ0n) is 23.6. The van der Waals surface area contributed by atoms with E-state index in [1.807, 2.05) is 26.8 Å². The van der Waals surface area contributed by atoms with Gasteiger partial charge in [-0.2, -0.15) is 5.26 Å². The van der Waals surface area contributed by atoms with E-state index in [1.165, 1.54) is 0 Å². The fraction of sp³-hybridized carbons (Fsp3) is 0.548. The Labute approximate surface area is 236 Å². The summed E-state index contributed by atoms with van der Waals surface area (Å²) in [4.78, 5) is 31.0. The minimum atomic E-state index is -0.594. The van der Waals surface area contributed by atoms with E-state index in [1.54, 1.807) is 23.2 Å². The summed E-state index contributed by atoms with van der Waals surface area (Å²) in [6, 6.07) is 5.38. The van der Waals surface area contributed by atoms with Gasteiger partial charge in [-0.15, -0.1) is 0 Å². The third-order valence-electron chi connectivity index (χ3n) is 7.31. The number of rotatable bonds is 8. The van der Waals surface area contributed by atoms with E-state index >= 15 is 0 Å². The van der Waals surface area contributed by atoms with Gasteiger partial charge >= 0.3 is 0 Å². The molecular weight excluding hydrogens is 508 g/mol. The first-order chi connectivity index (χ1) is 19.3. The Balaban J connectivity index is 1.68. The molecule has 2 heterocycles. The molecule has 1 saturated carbocycles. The molecule has 4 rings (SSSR count). The van der Waals surface area contributed by atoms with E-state index in [-0.39, 0.29) is 36.0 Å². The molecule has 0 bridgehead atoms. The Morgan fingerprint density at radius 2 is 1.93 bits per heavy atom. The van der Waals surface area contributed by atoms with Crippen molar-refractivity contribution in [1.82, 2.24) is 9.88 Å². The molecular formula is C31H38N4O5. The van der Waals surface area contributed by atoms with Crippen LogP contribution in [0.15, 0.2) is 18.3 Å². The van der Waals surface area contributed by atoms with Gasteiger partial charge in [0.1, 0.15) is 18.3 Å². The van der Waals surface area contributed by atoms with Crippen molar-refractivity contribution in [2.45, 2.75) is 84.0 Å². The molecule has 9 heteroatoms. The van der Waals surface area contributed by atoms with Crippen LogP contribution in [0.4, 0.5) is 0 Å². The van der Waals surface area contributed by atoms with Gasteiger partial charge in [-0.3, -0.25) is 9.59 Å². The summed E-state index contributed by atoms with van der Waals surface area (Å²) in [5, 5.41) is 10.3. The van der Waals surface area contributed by atoms with Gasteiger partial charge in [0, 0.05) is 36.0 Å². The summed E-state index contributed by atoms with van der Waals surface area (Å²) < 4.78 is 18.1. The van der Waals surface area contributed by atoms with Crippen LogP contribution >= 0.6 is 0 Å². The minimum Gasteiger partial charge on any atom is -0.490 e. The molecule has 1 saturated heterocycles. The van der Waals surface area contributed by atoms with Gasteiger partial charge in [0.05, 0.1) is 35.9 Å². The van der Waals surface area contributed by atoms with Crippen LogP contribution in [0.25, 0.3) is 10.8 Å². The number of nitriles is 1. The number of pyridine rings is 1. The number of fused-ring (bicyclic) bond motifs is 1. The van der Waals surface area contributed by atoms with Crippen molar-refractivity contribution >= 4 is 22.6 Å². The van der Waals surface area contributed by atoms with Gasteiger partial charge in [-0.25, -0.2) is 4.98 Å². The maximum absolute atomic E-state index is 12.4. The van der Waals surface area contributed by atoms with Gasteiger partial charge in [-0.05, 0) is 71.4 Å². The van der Waals surface area contributed by atoms with Crippen molar-refractivity contribution < 1.29 is 23.8 Å². The molecule has 9 nitrogen and oxygen atoms in total. The molecule has 1 aromatic heterocycles. The Hall–Kier alpha value is -3.82. The number of aromatic nitrogens is 1. The number of primary amides is 1. The zero-order valence-corrected chi connectivity index (χ0v) is 23.6. The number of piperidine rings is 1. The lowest BCUT2D eigenvalue weighted by atomic mass is 9.87. The molecule has 40 heavy (non-hydrogen) atoms. The van der Waals surface area contributed by atoms with Gasteiger partial charge < -0.3 is 24.8 Å². The standard InChI is InChI=1S/C31H38N4O5/c1-4-38-23-11-8-21(9-12-23)7-10-22-18-34-31(40-24-6-5-15-35(19-24)29(36)13-14-32)26-17-28(39-20(2)3)27(30(33)37)16-25(22)26/h16-18,20-21,23-24H,4-6,8-9,11-13,15,19H2,1-3H3,(H2,33,37)/t21-,23+,24-/m1/s1. The van der Waals surface area contributed by atoms with Crippen LogP contribution in [-0.2, 0) is 9.53 Å². The Kier molecular flexibility index (Phi) is 9.84. The third kappa shape index (κ3) is 7.22. The Bertz CT molecular complexity index is 1330. The Morgan fingerprint density at radius 1 is 1.15 bits per heavy atom. The smallest absolute Gasteiger partial charge is 0.252 e. The molecule has 2 aromatic rings. The van der Waals surface area contributed by atoms with E-state index < -0.39 is 5.91 Å². The average molecular weight is 547 g/mol. The van der Waals surface area contributed by atoms with E-state index in [2.05, 4.69) is 16.8 Å². The highest BCUT2D eigenvalue weighted by atomic mass is 16.5. The first-order valence-corrected chi connectivity index (χ1v) is 14.2. The molecule has 0 unspecified atom stereocenters. The van der Waals surface area contributed by atoms with E-state index in [4.69, 9.17) is 25.2 Å². The molecule has 1 aliphatic carbocycles. The quantitative estimate of drug-likeness (QED) is 0.488. The topological polar surface area (TPSA) is 128 Å². The van der Waals surface area contributed by atoms with Crippen molar-refractivity contribution in [2.75, 3.05) is 19.7 Å². The van der Waals surface area contributed by atoms with Crippen molar-refractivity contribution in [3.63, 3.8) is 0 Å². The molecule has 2 aliphatic rings. The SMILES string of the molecule is CCO[C@H]1CC[C@@H](C#Cc2cnc(O[C@@H]3CCCN(C(=O)CC#N)C3)c3cc(OC(C)C)c(C(N)=O)cc23)CC1. The summed E-state index contributed by atoms with van der Waals surface area (Å²) in [5.74, 6) is 6.93. The average Bonchev–Trinajstić information content (AvgIpc) is 2.93. The molecule has 1 aliphatic heterocycles. The number of carbonyl (C=O) groups is 2. The fourth-order valence-electron chi connectivity index (χ4n) is 5.37. The predicted molar refractivity (Wildman–Crippen MR) is 151 cm³/mol. The molecule has 1 aromatic carbocycles. The number of hydrogen-bond acceptors (Lipinski definition) is 7. The number of benzene rings is 1. The summed E-state index contributed by atoms with van der Waals surface area (Å²) >= 11 is 0. The Morgan fingerprint density at radius 3 is 2.60 bits per heavy atom. The van der Waals surface area contributed by atoms with Crippen molar-refractivity contribution in [3.8, 4) is 29.5 Å². The molecule has 2 N–H and O–H groups in total. The van der Waals surface area contributed by atoms with Gasteiger partial charge in [0.2, 0.25) is 11.8 Å². The lowest BCUT2D eigenvalue weighted by molar-refractivity contribution is -0.132. The second kappa shape index (κ2) is 13.5.